The van der Waals surface area contributed by atoms with Crippen molar-refractivity contribution in [1.82, 2.24) is 10.3 Å². The molecule has 0 fully saturated rings. The molecule has 1 aromatic heterocycles. The fourth-order valence-corrected chi connectivity index (χ4v) is 2.32. The first kappa shape index (κ1) is 17.5. The van der Waals surface area contributed by atoms with Crippen LogP contribution in [0.2, 0.25) is 0 Å². The number of aromatic nitrogens is 1. The minimum absolute atomic E-state index is 0.0497. The average Bonchev–Trinajstić information content (AvgIpc) is 2.58. The van der Waals surface area contributed by atoms with Gasteiger partial charge in [0.2, 0.25) is 5.88 Å². The number of hydrogen-bond donors (Lipinski definition) is 2. The predicted molar refractivity (Wildman–Crippen MR) is 89.1 cm³/mol. The van der Waals surface area contributed by atoms with Crippen molar-refractivity contribution in [2.75, 3.05) is 13.7 Å². The van der Waals surface area contributed by atoms with Crippen molar-refractivity contribution in [1.29, 1.82) is 0 Å². The number of nitrogens with one attached hydrogen (secondary N) is 1. The number of ether oxygens (including phenoxy) is 1. The topological polar surface area (TPSA) is 88.5 Å². The number of carbonyl (C=O) groups is 2. The van der Waals surface area contributed by atoms with Gasteiger partial charge in [0.05, 0.1) is 18.6 Å². The molecule has 1 atom stereocenters. The minimum atomic E-state index is -0.940. The van der Waals surface area contributed by atoms with Crippen LogP contribution < -0.4 is 10.1 Å². The summed E-state index contributed by atoms with van der Waals surface area (Å²) in [5.74, 6) is -1.58. The number of carboxylic acid groups (broad SMARTS) is 1. The van der Waals surface area contributed by atoms with Gasteiger partial charge in [-0.1, -0.05) is 29.8 Å². The summed E-state index contributed by atoms with van der Waals surface area (Å²) in [7, 11) is 1.49. The second-order valence-corrected chi connectivity index (χ2v) is 5.53. The molecule has 1 amide bonds. The Bertz CT molecular complexity index is 713. The number of methoxy groups -OCH3 is 1. The molecule has 0 bridgehead atoms. The fourth-order valence-electron chi connectivity index (χ4n) is 2.32. The van der Waals surface area contributed by atoms with Crippen molar-refractivity contribution in [3.8, 4) is 5.88 Å². The van der Waals surface area contributed by atoms with Crippen LogP contribution in [0, 0.1) is 12.8 Å². The van der Waals surface area contributed by atoms with Crippen molar-refractivity contribution in [2.45, 2.75) is 13.3 Å². The number of aliphatic carboxylic acids is 1. The lowest BCUT2D eigenvalue weighted by Crippen LogP contribution is -2.34. The lowest BCUT2D eigenvalue weighted by molar-refractivity contribution is -0.141. The van der Waals surface area contributed by atoms with E-state index in [4.69, 9.17) is 4.74 Å². The zero-order chi connectivity index (χ0) is 17.5. The first-order chi connectivity index (χ1) is 11.5. The van der Waals surface area contributed by atoms with Gasteiger partial charge in [0.1, 0.15) is 0 Å². The zero-order valence-corrected chi connectivity index (χ0v) is 13.7. The number of carboxylic acids is 1. The molecule has 1 aromatic carbocycles. The number of rotatable bonds is 7. The highest BCUT2D eigenvalue weighted by molar-refractivity contribution is 5.94. The van der Waals surface area contributed by atoms with Gasteiger partial charge in [-0.2, -0.15) is 0 Å². The van der Waals surface area contributed by atoms with Crippen LogP contribution in [0.5, 0.6) is 5.88 Å². The molecule has 0 saturated heterocycles. The number of nitrogens with zero attached hydrogens (tertiary/aromatic N) is 1. The molecule has 0 radical (unpaired) electrons. The number of benzene rings is 1. The van der Waals surface area contributed by atoms with Crippen molar-refractivity contribution < 1.29 is 19.4 Å². The standard InChI is InChI=1S/C18H20N2O4/c1-12-4-3-5-13(8-12)9-15(18(22)23)11-20-17(21)14-6-7-16(24-2)19-10-14/h3-8,10,15H,9,11H2,1-2H3,(H,20,21)(H,22,23). The maximum absolute atomic E-state index is 12.1. The van der Waals surface area contributed by atoms with E-state index < -0.39 is 11.9 Å². The van der Waals surface area contributed by atoms with E-state index in [2.05, 4.69) is 10.3 Å². The normalized spacial score (nSPS) is 11.6. The molecule has 0 saturated carbocycles. The van der Waals surface area contributed by atoms with Crippen LogP contribution in [0.1, 0.15) is 21.5 Å². The maximum Gasteiger partial charge on any atom is 0.308 e. The first-order valence-electron chi connectivity index (χ1n) is 7.56. The number of amides is 1. The molecule has 1 unspecified atom stereocenters. The summed E-state index contributed by atoms with van der Waals surface area (Å²) < 4.78 is 4.93. The maximum atomic E-state index is 12.1. The largest absolute Gasteiger partial charge is 0.481 e. The molecule has 0 aliphatic carbocycles. The Morgan fingerprint density at radius 3 is 2.67 bits per heavy atom. The summed E-state index contributed by atoms with van der Waals surface area (Å²) in [5.41, 5.74) is 2.36. The second-order valence-electron chi connectivity index (χ2n) is 5.53. The molecule has 6 heteroatoms. The number of pyridine rings is 1. The Labute approximate surface area is 140 Å². The molecule has 2 rings (SSSR count). The molecule has 0 aliphatic rings. The second kappa shape index (κ2) is 8.10. The quantitative estimate of drug-likeness (QED) is 0.812. The molecule has 0 aliphatic heterocycles. The van der Waals surface area contributed by atoms with Gasteiger partial charge >= 0.3 is 5.97 Å². The van der Waals surface area contributed by atoms with Gasteiger partial charge in [0.25, 0.3) is 5.91 Å². The van der Waals surface area contributed by atoms with Crippen molar-refractivity contribution in [3.63, 3.8) is 0 Å². The van der Waals surface area contributed by atoms with Gasteiger partial charge in [-0.05, 0) is 25.0 Å². The van der Waals surface area contributed by atoms with E-state index in [0.29, 0.717) is 17.9 Å². The molecule has 2 aromatic rings. The molecule has 6 nitrogen and oxygen atoms in total. The number of carbonyl (C=O) groups excluding carboxylic acids is 1. The first-order valence-corrected chi connectivity index (χ1v) is 7.56. The molecule has 126 valence electrons. The van der Waals surface area contributed by atoms with Crippen molar-refractivity contribution in [2.24, 2.45) is 5.92 Å². The van der Waals surface area contributed by atoms with Crippen molar-refractivity contribution in [3.05, 3.63) is 59.3 Å². The van der Waals surface area contributed by atoms with Crippen LogP contribution in [-0.2, 0) is 11.2 Å². The SMILES string of the molecule is COc1ccc(C(=O)NCC(Cc2cccc(C)c2)C(=O)O)cn1. The third-order valence-corrected chi connectivity index (χ3v) is 3.63. The predicted octanol–water partition coefficient (Wildman–Crippen LogP) is 2.07. The van der Waals surface area contributed by atoms with Crippen molar-refractivity contribution >= 4 is 11.9 Å². The average molecular weight is 328 g/mol. The van der Waals surface area contributed by atoms with E-state index in [1.807, 2.05) is 31.2 Å². The lowest BCUT2D eigenvalue weighted by atomic mass is 9.98. The Morgan fingerprint density at radius 2 is 2.08 bits per heavy atom. The summed E-state index contributed by atoms with van der Waals surface area (Å²) in [5, 5.41) is 12.0. The molecule has 2 N–H and O–H groups in total. The smallest absolute Gasteiger partial charge is 0.308 e. The van der Waals surface area contributed by atoms with Gasteiger partial charge < -0.3 is 15.2 Å². The highest BCUT2D eigenvalue weighted by Gasteiger charge is 2.19. The van der Waals surface area contributed by atoms with E-state index in [1.165, 1.54) is 13.3 Å². The summed E-state index contributed by atoms with van der Waals surface area (Å²) in [6.07, 6.45) is 1.75. The molecule has 24 heavy (non-hydrogen) atoms. The fraction of sp³-hybridized carbons (Fsp3) is 0.278. The van der Waals surface area contributed by atoms with Gasteiger partial charge in [-0.25, -0.2) is 4.98 Å². The number of aryl methyl sites for hydroxylation is 1. The Morgan fingerprint density at radius 1 is 1.29 bits per heavy atom. The van der Waals surface area contributed by atoms with Crippen LogP contribution in [0.4, 0.5) is 0 Å². The molecule has 1 heterocycles. The molecular formula is C18H20N2O4. The van der Waals surface area contributed by atoms with Gasteiger partial charge in [0, 0.05) is 18.8 Å². The van der Waals surface area contributed by atoms with E-state index in [9.17, 15) is 14.7 Å². The lowest BCUT2D eigenvalue weighted by Gasteiger charge is -2.14. The Kier molecular flexibility index (Phi) is 5.89. The summed E-state index contributed by atoms with van der Waals surface area (Å²) >= 11 is 0. The number of hydrogen-bond acceptors (Lipinski definition) is 4. The highest BCUT2D eigenvalue weighted by atomic mass is 16.5. The minimum Gasteiger partial charge on any atom is -0.481 e. The molecule has 0 spiro atoms. The van der Waals surface area contributed by atoms with Crippen LogP contribution in [0.3, 0.4) is 0 Å². The summed E-state index contributed by atoms with van der Waals surface area (Å²) in [6, 6.07) is 10.8. The van der Waals surface area contributed by atoms with E-state index in [-0.39, 0.29) is 12.5 Å². The Hall–Kier alpha value is -2.89. The van der Waals surface area contributed by atoms with Crippen LogP contribution in [0.15, 0.2) is 42.6 Å². The highest BCUT2D eigenvalue weighted by Crippen LogP contribution is 2.12. The van der Waals surface area contributed by atoms with E-state index in [0.717, 1.165) is 11.1 Å². The Balaban J connectivity index is 1.97. The third-order valence-electron chi connectivity index (χ3n) is 3.63. The van der Waals surface area contributed by atoms with Crippen LogP contribution in [-0.4, -0.2) is 35.6 Å². The third kappa shape index (κ3) is 4.81. The summed E-state index contributed by atoms with van der Waals surface area (Å²) in [4.78, 5) is 27.5. The van der Waals surface area contributed by atoms with E-state index in [1.54, 1.807) is 12.1 Å². The zero-order valence-electron chi connectivity index (χ0n) is 13.7. The monoisotopic (exact) mass is 328 g/mol. The van der Waals surface area contributed by atoms with Crippen LogP contribution >= 0.6 is 0 Å². The van der Waals surface area contributed by atoms with Gasteiger partial charge in [-0.3, -0.25) is 9.59 Å². The summed E-state index contributed by atoms with van der Waals surface area (Å²) in [6.45, 7) is 2.01. The molecular weight excluding hydrogens is 308 g/mol. The van der Waals surface area contributed by atoms with Gasteiger partial charge in [-0.15, -0.1) is 0 Å². The van der Waals surface area contributed by atoms with Gasteiger partial charge in [0.15, 0.2) is 0 Å². The van der Waals surface area contributed by atoms with E-state index >= 15 is 0 Å². The van der Waals surface area contributed by atoms with Crippen LogP contribution in [0.25, 0.3) is 0 Å².